The highest BCUT2D eigenvalue weighted by molar-refractivity contribution is 7.90. The van der Waals surface area contributed by atoms with Crippen molar-refractivity contribution < 1.29 is 17.9 Å². The number of rotatable bonds is 10. The Balaban J connectivity index is 0.00000384. The van der Waals surface area contributed by atoms with Crippen molar-refractivity contribution in [3.63, 3.8) is 0 Å². The molecular formula is C36H39ClN2O4S. The number of halogens is 1. The summed E-state index contributed by atoms with van der Waals surface area (Å²) in [6, 6.07) is 32.5. The second kappa shape index (κ2) is 14.3. The molecule has 230 valence electrons. The highest BCUT2D eigenvalue weighted by Crippen LogP contribution is 2.39. The van der Waals surface area contributed by atoms with Crippen molar-refractivity contribution in [2.45, 2.75) is 36.5 Å². The van der Waals surface area contributed by atoms with E-state index in [-0.39, 0.29) is 23.2 Å². The average Bonchev–Trinajstić information content (AvgIpc) is 3.24. The van der Waals surface area contributed by atoms with E-state index in [9.17, 15) is 8.42 Å². The van der Waals surface area contributed by atoms with Crippen LogP contribution in [0.4, 0.5) is 0 Å². The first-order valence-corrected chi connectivity index (χ1v) is 16.5. The molecule has 0 radical (unpaired) electrons. The molecule has 0 aliphatic carbocycles. The third kappa shape index (κ3) is 6.80. The number of hydrogen-bond donors (Lipinski definition) is 0. The van der Waals surface area contributed by atoms with E-state index in [2.05, 4.69) is 17.0 Å². The Bertz CT molecular complexity index is 1750. The van der Waals surface area contributed by atoms with Crippen molar-refractivity contribution in [2.75, 3.05) is 33.4 Å². The van der Waals surface area contributed by atoms with Crippen molar-refractivity contribution in [1.82, 2.24) is 8.87 Å². The lowest BCUT2D eigenvalue weighted by atomic mass is 9.85. The molecule has 0 spiro atoms. The van der Waals surface area contributed by atoms with E-state index >= 15 is 0 Å². The number of benzene rings is 4. The Hall–Kier alpha value is -3.78. The van der Waals surface area contributed by atoms with Gasteiger partial charge in [-0.2, -0.15) is 0 Å². The number of nitrogens with zero attached hydrogens (tertiary/aromatic N) is 2. The number of fused-ring (bicyclic) bond motifs is 1. The number of aromatic nitrogens is 1. The molecule has 1 fully saturated rings. The van der Waals surface area contributed by atoms with Crippen LogP contribution in [0, 0.1) is 0 Å². The van der Waals surface area contributed by atoms with E-state index in [1.807, 2.05) is 66.7 Å². The summed E-state index contributed by atoms with van der Waals surface area (Å²) < 4.78 is 40.7. The van der Waals surface area contributed by atoms with E-state index in [4.69, 9.17) is 9.47 Å². The van der Waals surface area contributed by atoms with Crippen molar-refractivity contribution in [1.29, 1.82) is 0 Å². The molecule has 44 heavy (non-hydrogen) atoms. The van der Waals surface area contributed by atoms with E-state index < -0.39 is 10.0 Å². The lowest BCUT2D eigenvalue weighted by Crippen LogP contribution is -2.29. The van der Waals surface area contributed by atoms with E-state index in [0.29, 0.717) is 12.1 Å². The molecule has 6 rings (SSSR count). The van der Waals surface area contributed by atoms with Crippen LogP contribution in [0.5, 0.6) is 11.5 Å². The van der Waals surface area contributed by atoms with Gasteiger partial charge in [0.1, 0.15) is 18.1 Å². The van der Waals surface area contributed by atoms with Gasteiger partial charge in [0.25, 0.3) is 10.0 Å². The Labute approximate surface area is 266 Å². The predicted octanol–water partition coefficient (Wildman–Crippen LogP) is 7.74. The normalized spacial score (nSPS) is 14.8. The minimum Gasteiger partial charge on any atom is -0.497 e. The van der Waals surface area contributed by atoms with Gasteiger partial charge in [0.2, 0.25) is 0 Å². The Morgan fingerprint density at radius 2 is 1.32 bits per heavy atom. The molecule has 1 aliphatic rings. The smallest absolute Gasteiger partial charge is 0.268 e. The van der Waals surface area contributed by atoms with Gasteiger partial charge in [-0.25, -0.2) is 12.4 Å². The SMILES string of the molecule is COc1ccc(C(c2ccc(OCCN3CCCCCC3)cc2)c2cn(S(=O)(=O)c3ccccc3)c3ccccc23)cc1.Cl. The predicted molar refractivity (Wildman–Crippen MR) is 179 cm³/mol. The number of methoxy groups -OCH3 is 1. The molecule has 8 heteroatoms. The lowest BCUT2D eigenvalue weighted by Gasteiger charge is -2.21. The molecule has 0 bridgehead atoms. The molecular weight excluding hydrogens is 592 g/mol. The zero-order valence-corrected chi connectivity index (χ0v) is 26.6. The number of hydrogen-bond acceptors (Lipinski definition) is 5. The first-order chi connectivity index (χ1) is 21.0. The van der Waals surface area contributed by atoms with Gasteiger partial charge < -0.3 is 9.47 Å². The minimum atomic E-state index is -3.81. The number of likely N-dealkylation sites (tertiary alicyclic amines) is 1. The Kier molecular flexibility index (Phi) is 10.3. The molecule has 0 N–H and O–H groups in total. The van der Waals surface area contributed by atoms with Crippen LogP contribution in [0.25, 0.3) is 10.9 Å². The molecule has 1 aliphatic heterocycles. The fourth-order valence-electron chi connectivity index (χ4n) is 6.07. The van der Waals surface area contributed by atoms with E-state index in [0.717, 1.165) is 53.2 Å². The molecule has 1 atom stereocenters. The van der Waals surface area contributed by atoms with Gasteiger partial charge in [-0.15, -0.1) is 12.4 Å². The minimum absolute atomic E-state index is 0. The van der Waals surface area contributed by atoms with Crippen molar-refractivity contribution in [2.24, 2.45) is 0 Å². The first-order valence-electron chi connectivity index (χ1n) is 15.0. The third-order valence-corrected chi connectivity index (χ3v) is 10.0. The Morgan fingerprint density at radius 3 is 1.95 bits per heavy atom. The van der Waals surface area contributed by atoms with Crippen molar-refractivity contribution in [3.05, 3.63) is 126 Å². The number of para-hydroxylation sites is 1. The largest absolute Gasteiger partial charge is 0.497 e. The van der Waals surface area contributed by atoms with Crippen LogP contribution in [0.1, 0.15) is 48.3 Å². The maximum atomic E-state index is 13.8. The summed E-state index contributed by atoms with van der Waals surface area (Å²) in [4.78, 5) is 2.75. The van der Waals surface area contributed by atoms with Crippen LogP contribution in [0.3, 0.4) is 0 Å². The average molecular weight is 631 g/mol. The molecule has 0 amide bonds. The summed E-state index contributed by atoms with van der Waals surface area (Å²) in [6.45, 7) is 3.90. The third-order valence-electron chi connectivity index (χ3n) is 8.36. The Morgan fingerprint density at radius 1 is 0.727 bits per heavy atom. The highest BCUT2D eigenvalue weighted by atomic mass is 35.5. The van der Waals surface area contributed by atoms with Crippen molar-refractivity contribution in [3.8, 4) is 11.5 Å². The van der Waals surface area contributed by atoms with Crippen LogP contribution >= 0.6 is 12.4 Å². The van der Waals surface area contributed by atoms with Gasteiger partial charge in [-0.05, 0) is 85.1 Å². The molecule has 1 unspecified atom stereocenters. The second-order valence-corrected chi connectivity index (χ2v) is 12.9. The summed E-state index contributed by atoms with van der Waals surface area (Å²) in [7, 11) is -2.16. The van der Waals surface area contributed by atoms with Crippen LogP contribution in [-0.4, -0.2) is 50.6 Å². The molecule has 0 saturated carbocycles. The fraction of sp³-hybridized carbons (Fsp3) is 0.278. The summed E-state index contributed by atoms with van der Waals surface area (Å²) in [6.07, 6.45) is 6.97. The van der Waals surface area contributed by atoms with Crippen LogP contribution in [0.15, 0.2) is 114 Å². The second-order valence-electron chi connectivity index (χ2n) is 11.1. The van der Waals surface area contributed by atoms with Crippen LogP contribution < -0.4 is 9.47 Å². The van der Waals surface area contributed by atoms with Gasteiger partial charge in [-0.3, -0.25) is 4.90 Å². The standard InChI is InChI=1S/C36H38N2O4S.ClH/c1-41-30-19-15-28(16-20-30)36(29-17-21-31(22-18-29)42-26-25-37-23-9-2-3-10-24-37)34-27-38(35-14-8-7-13-33(34)35)43(39,40)32-11-5-4-6-12-32;/h4-8,11-22,27,36H,2-3,9-10,23-26H2,1H3;1H. The zero-order valence-electron chi connectivity index (χ0n) is 25.0. The van der Waals surface area contributed by atoms with Crippen LogP contribution in [-0.2, 0) is 10.0 Å². The summed E-state index contributed by atoms with van der Waals surface area (Å²) >= 11 is 0. The van der Waals surface area contributed by atoms with Gasteiger partial charge in [0.05, 0.1) is 17.5 Å². The van der Waals surface area contributed by atoms with Gasteiger partial charge >= 0.3 is 0 Å². The van der Waals surface area contributed by atoms with Gasteiger partial charge in [-0.1, -0.05) is 73.5 Å². The first kappa shape index (κ1) is 31.6. The molecule has 2 heterocycles. The molecule has 6 nitrogen and oxygen atoms in total. The lowest BCUT2D eigenvalue weighted by molar-refractivity contribution is 0.214. The quantitative estimate of drug-likeness (QED) is 0.158. The van der Waals surface area contributed by atoms with Gasteiger partial charge in [0, 0.05) is 24.0 Å². The maximum Gasteiger partial charge on any atom is 0.268 e. The highest BCUT2D eigenvalue weighted by Gasteiger charge is 2.26. The van der Waals surface area contributed by atoms with E-state index in [1.54, 1.807) is 37.6 Å². The van der Waals surface area contributed by atoms with Crippen LogP contribution in [0.2, 0.25) is 0 Å². The monoisotopic (exact) mass is 630 g/mol. The number of ether oxygens (including phenoxy) is 2. The maximum absolute atomic E-state index is 13.8. The van der Waals surface area contributed by atoms with E-state index in [1.165, 1.54) is 29.7 Å². The summed E-state index contributed by atoms with van der Waals surface area (Å²) in [5, 5.41) is 0.889. The molecule has 4 aromatic carbocycles. The fourth-order valence-corrected chi connectivity index (χ4v) is 7.47. The summed E-state index contributed by atoms with van der Waals surface area (Å²) in [5.41, 5.74) is 3.64. The summed E-state index contributed by atoms with van der Waals surface area (Å²) in [5.74, 6) is 1.39. The zero-order chi connectivity index (χ0) is 29.6. The topological polar surface area (TPSA) is 60.8 Å². The molecule has 1 aromatic heterocycles. The van der Waals surface area contributed by atoms with Crippen molar-refractivity contribution >= 4 is 33.3 Å². The van der Waals surface area contributed by atoms with Gasteiger partial charge in [0.15, 0.2) is 0 Å². The molecule has 5 aromatic rings. The molecule has 1 saturated heterocycles.